The molecule has 0 aromatic carbocycles. The molecule has 2 N–H and O–H groups in total. The van der Waals surface area contributed by atoms with Crippen molar-refractivity contribution in [2.45, 2.75) is 57.6 Å². The van der Waals surface area contributed by atoms with Gasteiger partial charge in [-0.25, -0.2) is 0 Å². The van der Waals surface area contributed by atoms with Crippen LogP contribution in [0, 0.1) is 5.92 Å². The zero-order valence-electron chi connectivity index (χ0n) is 9.34. The highest BCUT2D eigenvalue weighted by Gasteiger charge is 2.46. The van der Waals surface area contributed by atoms with Crippen LogP contribution in [0.3, 0.4) is 0 Å². The second kappa shape index (κ2) is 4.63. The molecule has 2 nitrogen and oxygen atoms in total. The molecular weight excluding hydrogens is 174 g/mol. The zero-order valence-corrected chi connectivity index (χ0v) is 9.34. The second-order valence-electron chi connectivity index (χ2n) is 5.12. The van der Waals surface area contributed by atoms with Crippen molar-refractivity contribution < 1.29 is 10.0 Å². The molecule has 0 aromatic rings. The maximum Gasteiger partial charge on any atom is 0.0911 e. The van der Waals surface area contributed by atoms with Crippen molar-refractivity contribution in [3.05, 3.63) is 0 Å². The van der Waals surface area contributed by atoms with Crippen LogP contribution >= 0.6 is 0 Å². The van der Waals surface area contributed by atoms with Crippen LogP contribution < -0.4 is 4.90 Å². The molecule has 2 fully saturated rings. The number of hydrogen-bond donors (Lipinski definition) is 2. The molecule has 82 valence electrons. The summed E-state index contributed by atoms with van der Waals surface area (Å²) < 4.78 is 0. The van der Waals surface area contributed by atoms with Crippen molar-refractivity contribution >= 4 is 0 Å². The van der Waals surface area contributed by atoms with E-state index in [1.807, 2.05) is 4.90 Å². The predicted molar refractivity (Wildman–Crippen MR) is 57.4 cm³/mol. The number of nitrogens with one attached hydrogen (secondary N) is 1. The molecular formula is C12H24NO+. The van der Waals surface area contributed by atoms with Gasteiger partial charge in [0.05, 0.1) is 25.2 Å². The first-order valence-electron chi connectivity index (χ1n) is 6.34. The molecule has 1 aliphatic carbocycles. The minimum atomic E-state index is -0.0332. The Labute approximate surface area is 87.3 Å². The highest BCUT2D eigenvalue weighted by molar-refractivity contribution is 4.88. The first-order valence-corrected chi connectivity index (χ1v) is 6.34. The normalized spacial score (nSPS) is 35.6. The van der Waals surface area contributed by atoms with Gasteiger partial charge in [-0.1, -0.05) is 6.92 Å². The quantitative estimate of drug-likeness (QED) is 0.679. The van der Waals surface area contributed by atoms with Gasteiger partial charge in [-0.2, -0.15) is 0 Å². The number of piperidine rings is 1. The third-order valence-electron chi connectivity index (χ3n) is 3.99. The Morgan fingerprint density at radius 3 is 2.64 bits per heavy atom. The topological polar surface area (TPSA) is 24.7 Å². The highest BCUT2D eigenvalue weighted by atomic mass is 16.3. The maximum atomic E-state index is 9.58. The Hall–Kier alpha value is -0.0800. The van der Waals surface area contributed by atoms with Gasteiger partial charge in [0.25, 0.3) is 0 Å². The van der Waals surface area contributed by atoms with Crippen molar-refractivity contribution in [2.75, 3.05) is 13.1 Å². The van der Waals surface area contributed by atoms with Crippen LogP contribution in [0.1, 0.15) is 45.4 Å². The lowest BCUT2D eigenvalue weighted by atomic mass is 10.1. The Kier molecular flexibility index (Phi) is 3.45. The Morgan fingerprint density at radius 2 is 2.00 bits per heavy atom. The van der Waals surface area contributed by atoms with Crippen LogP contribution in [0.4, 0.5) is 0 Å². The summed E-state index contributed by atoms with van der Waals surface area (Å²) in [6, 6.07) is 0.913. The number of quaternary nitrogens is 1. The van der Waals surface area contributed by atoms with Crippen molar-refractivity contribution in [1.29, 1.82) is 0 Å². The van der Waals surface area contributed by atoms with E-state index >= 15 is 0 Å². The molecule has 14 heavy (non-hydrogen) atoms. The molecule has 1 saturated heterocycles. The van der Waals surface area contributed by atoms with E-state index in [9.17, 15) is 5.11 Å². The lowest BCUT2D eigenvalue weighted by molar-refractivity contribution is -0.917. The van der Waals surface area contributed by atoms with Gasteiger partial charge in [-0.05, 0) is 32.1 Å². The average molecular weight is 198 g/mol. The molecule has 0 aromatic heterocycles. The maximum absolute atomic E-state index is 9.58. The van der Waals surface area contributed by atoms with Crippen LogP contribution in [-0.2, 0) is 0 Å². The molecule has 2 rings (SSSR count). The van der Waals surface area contributed by atoms with E-state index in [0.29, 0.717) is 0 Å². The van der Waals surface area contributed by atoms with Gasteiger partial charge in [0.1, 0.15) is 0 Å². The van der Waals surface area contributed by atoms with Crippen LogP contribution in [0.25, 0.3) is 0 Å². The molecule has 2 aliphatic rings. The molecule has 2 heteroatoms. The van der Waals surface area contributed by atoms with E-state index in [0.717, 1.165) is 24.8 Å². The van der Waals surface area contributed by atoms with Gasteiger partial charge in [0.15, 0.2) is 0 Å². The molecule has 0 bridgehead atoms. The van der Waals surface area contributed by atoms with Gasteiger partial charge in [-0.3, -0.25) is 0 Å². The van der Waals surface area contributed by atoms with Crippen molar-refractivity contribution in [3.8, 4) is 0 Å². The summed E-state index contributed by atoms with van der Waals surface area (Å²) in [5.74, 6) is 0.845. The SMILES string of the molecule is CCC(O)CC1CC1[NH+]1CCCCC1. The van der Waals surface area contributed by atoms with Gasteiger partial charge < -0.3 is 10.0 Å². The Bertz CT molecular complexity index is 177. The fraction of sp³-hybridized carbons (Fsp3) is 1.00. The third kappa shape index (κ3) is 2.48. The lowest BCUT2D eigenvalue weighted by Gasteiger charge is -2.24. The van der Waals surface area contributed by atoms with Crippen molar-refractivity contribution in [1.82, 2.24) is 0 Å². The summed E-state index contributed by atoms with van der Waals surface area (Å²) in [6.45, 7) is 4.86. The molecule has 3 unspecified atom stereocenters. The molecule has 0 amide bonds. The Balaban J connectivity index is 1.69. The average Bonchev–Trinajstić information content (AvgIpc) is 2.98. The predicted octanol–water partition coefficient (Wildman–Crippen LogP) is 0.605. The van der Waals surface area contributed by atoms with E-state index in [4.69, 9.17) is 0 Å². The Morgan fingerprint density at radius 1 is 1.29 bits per heavy atom. The minimum Gasteiger partial charge on any atom is -0.393 e. The summed E-state index contributed by atoms with van der Waals surface area (Å²) in [4.78, 5) is 1.84. The van der Waals surface area contributed by atoms with Crippen LogP contribution in [0.5, 0.6) is 0 Å². The van der Waals surface area contributed by atoms with Gasteiger partial charge >= 0.3 is 0 Å². The molecule has 3 atom stereocenters. The van der Waals surface area contributed by atoms with E-state index in [1.165, 1.54) is 38.8 Å². The second-order valence-corrected chi connectivity index (χ2v) is 5.12. The zero-order chi connectivity index (χ0) is 9.97. The van der Waals surface area contributed by atoms with E-state index in [1.54, 1.807) is 0 Å². The first kappa shape index (κ1) is 10.4. The number of hydrogen-bond acceptors (Lipinski definition) is 1. The highest BCUT2D eigenvalue weighted by Crippen LogP contribution is 2.33. The van der Waals surface area contributed by atoms with E-state index < -0.39 is 0 Å². The van der Waals surface area contributed by atoms with Crippen molar-refractivity contribution in [3.63, 3.8) is 0 Å². The van der Waals surface area contributed by atoms with Gasteiger partial charge in [0, 0.05) is 12.3 Å². The molecule has 1 heterocycles. The summed E-state index contributed by atoms with van der Waals surface area (Å²) in [6.07, 6.45) is 7.63. The number of aliphatic hydroxyl groups is 1. The van der Waals surface area contributed by atoms with E-state index in [-0.39, 0.29) is 6.10 Å². The summed E-state index contributed by atoms with van der Waals surface area (Å²) in [7, 11) is 0. The smallest absolute Gasteiger partial charge is 0.0911 e. The lowest BCUT2D eigenvalue weighted by Crippen LogP contribution is -3.14. The summed E-state index contributed by atoms with van der Waals surface area (Å²) in [5.41, 5.74) is 0. The third-order valence-corrected chi connectivity index (χ3v) is 3.99. The molecule has 1 aliphatic heterocycles. The van der Waals surface area contributed by atoms with Gasteiger partial charge in [-0.15, -0.1) is 0 Å². The summed E-state index contributed by atoms with van der Waals surface area (Å²) in [5, 5.41) is 9.58. The minimum absolute atomic E-state index is 0.0332. The fourth-order valence-electron chi connectivity index (χ4n) is 2.90. The number of aliphatic hydroxyl groups excluding tert-OH is 1. The molecule has 0 radical (unpaired) electrons. The van der Waals surface area contributed by atoms with Crippen LogP contribution in [0.15, 0.2) is 0 Å². The van der Waals surface area contributed by atoms with Gasteiger partial charge in [0.2, 0.25) is 0 Å². The van der Waals surface area contributed by atoms with Crippen LogP contribution in [0.2, 0.25) is 0 Å². The monoisotopic (exact) mass is 198 g/mol. The molecule has 0 spiro atoms. The van der Waals surface area contributed by atoms with E-state index in [2.05, 4.69) is 6.92 Å². The molecule has 1 saturated carbocycles. The number of likely N-dealkylation sites (tertiary alicyclic amines) is 1. The standard InChI is InChI=1S/C12H23NO/c1-2-11(14)8-10-9-12(10)13-6-4-3-5-7-13/h10-12,14H,2-9H2,1H3/p+1. The fourth-order valence-corrected chi connectivity index (χ4v) is 2.90. The largest absolute Gasteiger partial charge is 0.393 e. The van der Waals surface area contributed by atoms with Crippen molar-refractivity contribution in [2.24, 2.45) is 5.92 Å². The first-order chi connectivity index (χ1) is 6.81. The van der Waals surface area contributed by atoms with Crippen LogP contribution in [-0.4, -0.2) is 30.3 Å². The number of rotatable bonds is 4. The summed E-state index contributed by atoms with van der Waals surface area (Å²) >= 11 is 0.